The van der Waals surface area contributed by atoms with Crippen LogP contribution in [0.15, 0.2) is 0 Å². The van der Waals surface area contributed by atoms with Crippen LogP contribution in [-0.4, -0.2) is 50.3 Å². The molecule has 4 heteroatoms. The molecular weight excluding hydrogens is 242 g/mol. The molecule has 4 nitrogen and oxygen atoms in total. The molecule has 1 saturated heterocycles. The van der Waals surface area contributed by atoms with E-state index in [0.29, 0.717) is 6.61 Å². The maximum Gasteiger partial charge on any atom is 0.312 e. The Hall–Kier alpha value is -0.610. The Labute approximate surface area is 117 Å². The van der Waals surface area contributed by atoms with E-state index >= 15 is 0 Å². The van der Waals surface area contributed by atoms with Crippen molar-refractivity contribution in [1.29, 1.82) is 0 Å². The second-order valence-corrected chi connectivity index (χ2v) is 6.82. The zero-order valence-electron chi connectivity index (χ0n) is 13.1. The highest BCUT2D eigenvalue weighted by Crippen LogP contribution is 2.38. The summed E-state index contributed by atoms with van der Waals surface area (Å²) in [6.07, 6.45) is 0.895. The lowest BCUT2D eigenvalue weighted by molar-refractivity contribution is -0.160. The summed E-state index contributed by atoms with van der Waals surface area (Å²) in [6, 6.07) is 0. The largest absolute Gasteiger partial charge is 0.465 e. The van der Waals surface area contributed by atoms with Crippen molar-refractivity contribution < 1.29 is 14.3 Å². The number of carbonyl (C=O) groups excluding carboxylic acids is 1. The van der Waals surface area contributed by atoms with E-state index in [0.717, 1.165) is 39.3 Å². The zero-order valence-corrected chi connectivity index (χ0v) is 13.1. The molecule has 0 N–H and O–H groups in total. The minimum Gasteiger partial charge on any atom is -0.465 e. The molecule has 0 aromatic rings. The molecule has 0 aromatic heterocycles. The molecule has 0 radical (unpaired) electrons. The molecule has 0 bridgehead atoms. The van der Waals surface area contributed by atoms with E-state index in [1.54, 1.807) is 0 Å². The highest BCUT2D eigenvalue weighted by atomic mass is 16.5. The minimum absolute atomic E-state index is 0.0890. The fourth-order valence-electron chi connectivity index (χ4n) is 1.76. The highest BCUT2D eigenvalue weighted by Gasteiger charge is 2.41. The van der Waals surface area contributed by atoms with Crippen LogP contribution < -0.4 is 0 Å². The van der Waals surface area contributed by atoms with E-state index in [-0.39, 0.29) is 11.4 Å². The number of rotatable bonds is 5. The second kappa shape index (κ2) is 6.71. The monoisotopic (exact) mass is 271 g/mol. The Morgan fingerprint density at radius 3 is 2.26 bits per heavy atom. The number of nitrogens with zero attached hydrogens (tertiary/aromatic N) is 1. The van der Waals surface area contributed by atoms with Gasteiger partial charge in [-0.3, -0.25) is 9.69 Å². The number of ether oxygens (including phenoxy) is 2. The molecule has 0 saturated carbocycles. The van der Waals surface area contributed by atoms with Crippen LogP contribution in [0.1, 0.15) is 41.0 Å². The Morgan fingerprint density at radius 2 is 1.74 bits per heavy atom. The number of hydrogen-bond donors (Lipinski definition) is 0. The summed E-state index contributed by atoms with van der Waals surface area (Å²) in [5, 5.41) is 0. The SMILES string of the molecule is CC(C)(C)C(C)(C)C(=O)OCCCN1CCOCC1. The first-order chi connectivity index (χ1) is 8.75. The minimum atomic E-state index is -0.452. The van der Waals surface area contributed by atoms with Crippen LogP contribution in [0.3, 0.4) is 0 Å². The standard InChI is InChI=1S/C15H29NO3/c1-14(2,3)15(4,5)13(17)19-10-6-7-16-8-11-18-12-9-16/h6-12H2,1-5H3. The van der Waals surface area contributed by atoms with Gasteiger partial charge in [-0.2, -0.15) is 0 Å². The molecular formula is C15H29NO3. The Kier molecular flexibility index (Phi) is 5.81. The molecule has 1 rings (SSSR count). The average Bonchev–Trinajstić information content (AvgIpc) is 2.34. The van der Waals surface area contributed by atoms with Gasteiger partial charge in [0, 0.05) is 19.6 Å². The molecule has 0 amide bonds. The Bertz CT molecular complexity index is 288. The van der Waals surface area contributed by atoms with Crippen LogP contribution in [0.4, 0.5) is 0 Å². The molecule has 0 aliphatic carbocycles. The third kappa shape index (κ3) is 4.77. The molecule has 0 spiro atoms. The first-order valence-corrected chi connectivity index (χ1v) is 7.22. The predicted molar refractivity (Wildman–Crippen MR) is 76.1 cm³/mol. The first kappa shape index (κ1) is 16.4. The van der Waals surface area contributed by atoms with E-state index in [1.165, 1.54) is 0 Å². The van der Waals surface area contributed by atoms with Gasteiger partial charge >= 0.3 is 5.97 Å². The summed E-state index contributed by atoms with van der Waals surface area (Å²) in [6.45, 7) is 15.2. The molecule has 112 valence electrons. The van der Waals surface area contributed by atoms with Crippen LogP contribution in [0.5, 0.6) is 0 Å². The molecule has 0 unspecified atom stereocenters. The maximum atomic E-state index is 12.1. The number of carbonyl (C=O) groups is 1. The van der Waals surface area contributed by atoms with Gasteiger partial charge in [-0.1, -0.05) is 20.8 Å². The van der Waals surface area contributed by atoms with Crippen molar-refractivity contribution in [2.75, 3.05) is 39.5 Å². The molecule has 1 aliphatic heterocycles. The summed E-state index contributed by atoms with van der Waals surface area (Å²) in [5.74, 6) is -0.0954. The van der Waals surface area contributed by atoms with Crippen LogP contribution in [0.2, 0.25) is 0 Å². The normalized spacial score (nSPS) is 18.4. The van der Waals surface area contributed by atoms with Crippen molar-refractivity contribution in [1.82, 2.24) is 4.90 Å². The van der Waals surface area contributed by atoms with E-state index in [4.69, 9.17) is 9.47 Å². The van der Waals surface area contributed by atoms with Crippen LogP contribution in [0, 0.1) is 10.8 Å². The molecule has 1 fully saturated rings. The van der Waals surface area contributed by atoms with Gasteiger partial charge in [0.05, 0.1) is 25.2 Å². The van der Waals surface area contributed by atoms with Gasteiger partial charge in [0.15, 0.2) is 0 Å². The predicted octanol–water partition coefficient (Wildman–Crippen LogP) is 2.32. The lowest BCUT2D eigenvalue weighted by atomic mass is 9.69. The topological polar surface area (TPSA) is 38.8 Å². The van der Waals surface area contributed by atoms with Crippen molar-refractivity contribution in [3.8, 4) is 0 Å². The van der Waals surface area contributed by atoms with Crippen molar-refractivity contribution in [2.45, 2.75) is 41.0 Å². The van der Waals surface area contributed by atoms with Gasteiger partial charge in [0.1, 0.15) is 0 Å². The van der Waals surface area contributed by atoms with Gasteiger partial charge in [0.25, 0.3) is 0 Å². The van der Waals surface area contributed by atoms with Gasteiger partial charge in [0.2, 0.25) is 0 Å². The van der Waals surface area contributed by atoms with Crippen molar-refractivity contribution in [2.24, 2.45) is 10.8 Å². The highest BCUT2D eigenvalue weighted by molar-refractivity contribution is 5.76. The summed E-state index contributed by atoms with van der Waals surface area (Å²) in [5.41, 5.74) is -0.541. The quantitative estimate of drug-likeness (QED) is 0.568. The summed E-state index contributed by atoms with van der Waals surface area (Å²) < 4.78 is 10.7. The number of hydrogen-bond acceptors (Lipinski definition) is 4. The number of morpholine rings is 1. The van der Waals surface area contributed by atoms with Gasteiger partial charge in [-0.15, -0.1) is 0 Å². The molecule has 0 aromatic carbocycles. The van der Waals surface area contributed by atoms with E-state index in [1.807, 2.05) is 13.8 Å². The average molecular weight is 271 g/mol. The van der Waals surface area contributed by atoms with Crippen LogP contribution in [0.25, 0.3) is 0 Å². The third-order valence-electron chi connectivity index (χ3n) is 4.34. The lowest BCUT2D eigenvalue weighted by Crippen LogP contribution is -2.40. The van der Waals surface area contributed by atoms with Crippen molar-refractivity contribution >= 4 is 5.97 Å². The van der Waals surface area contributed by atoms with E-state index in [2.05, 4.69) is 25.7 Å². The third-order valence-corrected chi connectivity index (χ3v) is 4.34. The Balaban J connectivity index is 2.23. The zero-order chi connectivity index (χ0) is 14.5. The summed E-state index contributed by atoms with van der Waals surface area (Å²) in [4.78, 5) is 14.5. The summed E-state index contributed by atoms with van der Waals surface area (Å²) >= 11 is 0. The van der Waals surface area contributed by atoms with Gasteiger partial charge in [-0.25, -0.2) is 0 Å². The molecule has 19 heavy (non-hydrogen) atoms. The fraction of sp³-hybridized carbons (Fsp3) is 0.933. The van der Waals surface area contributed by atoms with Crippen LogP contribution >= 0.6 is 0 Å². The maximum absolute atomic E-state index is 12.1. The lowest BCUT2D eigenvalue weighted by Gasteiger charge is -2.36. The summed E-state index contributed by atoms with van der Waals surface area (Å²) in [7, 11) is 0. The smallest absolute Gasteiger partial charge is 0.312 e. The fourth-order valence-corrected chi connectivity index (χ4v) is 1.76. The van der Waals surface area contributed by atoms with Gasteiger partial charge < -0.3 is 9.47 Å². The first-order valence-electron chi connectivity index (χ1n) is 7.22. The molecule has 0 atom stereocenters. The van der Waals surface area contributed by atoms with Gasteiger partial charge in [-0.05, 0) is 25.7 Å². The van der Waals surface area contributed by atoms with Crippen molar-refractivity contribution in [3.05, 3.63) is 0 Å². The van der Waals surface area contributed by atoms with Crippen molar-refractivity contribution in [3.63, 3.8) is 0 Å². The molecule has 1 aliphatic rings. The second-order valence-electron chi connectivity index (χ2n) is 6.82. The van der Waals surface area contributed by atoms with Crippen LogP contribution in [-0.2, 0) is 14.3 Å². The van der Waals surface area contributed by atoms with E-state index in [9.17, 15) is 4.79 Å². The molecule has 1 heterocycles. The number of esters is 1. The Morgan fingerprint density at radius 1 is 1.16 bits per heavy atom. The van der Waals surface area contributed by atoms with E-state index < -0.39 is 5.41 Å².